The van der Waals surface area contributed by atoms with Crippen molar-refractivity contribution in [1.29, 1.82) is 0 Å². The van der Waals surface area contributed by atoms with Crippen molar-refractivity contribution in [1.82, 2.24) is 0 Å². The van der Waals surface area contributed by atoms with E-state index >= 15 is 0 Å². The molecule has 0 aromatic carbocycles. The van der Waals surface area contributed by atoms with Crippen molar-refractivity contribution in [3.05, 3.63) is 11.7 Å². The molecule has 1 saturated heterocycles. The second kappa shape index (κ2) is 16.1. The van der Waals surface area contributed by atoms with Gasteiger partial charge in [-0.25, -0.2) is 0 Å². The molecular weight excluding hydrogens is 489 g/mol. The van der Waals surface area contributed by atoms with Crippen molar-refractivity contribution < 1.29 is 31.5 Å². The number of hydrogen-bond acceptors (Lipinski definition) is 3. The van der Waals surface area contributed by atoms with Crippen molar-refractivity contribution in [3.63, 3.8) is 0 Å². The first-order valence-electron chi connectivity index (χ1n) is 7.43. The third-order valence-corrected chi connectivity index (χ3v) is 4.73. The second-order valence-electron chi connectivity index (χ2n) is 5.02. The minimum absolute atomic E-state index is 0.707. The molecule has 0 aromatic heterocycles. The Hall–Kier alpha value is 1.21. The summed E-state index contributed by atoms with van der Waals surface area (Å²) in [5, 5.41) is 4.72. The fourth-order valence-corrected chi connectivity index (χ4v) is 3.24. The van der Waals surface area contributed by atoms with Gasteiger partial charge in [0.15, 0.2) is 0 Å². The summed E-state index contributed by atoms with van der Waals surface area (Å²) in [5.41, 5.74) is 0. The first kappa shape index (κ1) is 22.2. The van der Waals surface area contributed by atoms with Crippen LogP contribution in [0.1, 0.15) is 44.9 Å². The zero-order valence-electron chi connectivity index (χ0n) is 13.3. The molecule has 21 heavy (non-hydrogen) atoms. The zero-order chi connectivity index (χ0) is 15.9. The van der Waals surface area contributed by atoms with Crippen LogP contribution in [0.5, 0.6) is 0 Å². The summed E-state index contributed by atoms with van der Waals surface area (Å²) in [6.07, 6.45) is 12.3. The van der Waals surface area contributed by atoms with Crippen LogP contribution < -0.4 is 0 Å². The molecule has 0 amide bonds. The quantitative estimate of drug-likeness (QED) is 0.394. The fraction of sp³-hybridized carbons (Fsp3) is 0.929. The van der Waals surface area contributed by atoms with E-state index in [1.807, 2.05) is 0 Å². The fourth-order valence-electron chi connectivity index (χ4n) is 2.74. The standard InChI is InChI=1S/C11H19N.C3H10O3P.ClH.Ir/c1-2-6-10(7-3-1)11-8-4-5-9-12-11;1-4-7(5-2)6-3;;/h6,10-11H,1-5,7-9H2;7H,1-3H3;1H;/q-2;+1;;+3/p-1. The summed E-state index contributed by atoms with van der Waals surface area (Å²) in [5.74, 6) is 0.846. The topological polar surface area (TPSA) is 41.8 Å². The van der Waals surface area contributed by atoms with Crippen LogP contribution in [0, 0.1) is 12.3 Å². The van der Waals surface area contributed by atoms with Crippen molar-refractivity contribution >= 4 is 18.2 Å². The molecule has 0 aromatic rings. The Kier molecular flexibility index (Phi) is 17.0. The normalized spacial score (nSPS) is 25.4. The summed E-state index contributed by atoms with van der Waals surface area (Å²) in [7, 11) is 7.95. The number of halogens is 1. The maximum atomic E-state index is 4.72. The second-order valence-corrected chi connectivity index (χ2v) is 6.74. The molecule has 1 aliphatic heterocycles. The summed E-state index contributed by atoms with van der Waals surface area (Å²) in [6.45, 7) is 1.13. The molecule has 1 aliphatic carbocycles. The molecule has 4 nitrogen and oxygen atoms in total. The van der Waals surface area contributed by atoms with Crippen LogP contribution >= 0.6 is 18.2 Å². The molecule has 7 heteroatoms. The predicted octanol–water partition coefficient (Wildman–Crippen LogP) is 4.88. The van der Waals surface area contributed by atoms with Gasteiger partial charge in [0.25, 0.3) is 0 Å². The molecule has 0 spiro atoms. The molecule has 0 radical (unpaired) electrons. The minimum atomic E-state index is -1.36. The number of hydrogen-bond donors (Lipinski definition) is 0. The monoisotopic (exact) mass is 518 g/mol. The Morgan fingerprint density at radius 2 is 1.62 bits per heavy atom. The number of rotatable bonds is 4. The van der Waals surface area contributed by atoms with Crippen LogP contribution in [0.2, 0.25) is 0 Å². The molecular formula is C14H29ClIrNO3P+. The van der Waals surface area contributed by atoms with Gasteiger partial charge in [-0.2, -0.15) is 32.0 Å². The Labute approximate surface area is 146 Å². The first-order chi connectivity index (χ1) is 10.3. The van der Waals surface area contributed by atoms with Crippen LogP contribution in [-0.4, -0.2) is 33.9 Å². The Balaban J connectivity index is 0.000000385. The third kappa shape index (κ3) is 10.6. The van der Waals surface area contributed by atoms with Gasteiger partial charge in [0, 0.05) is 0 Å². The molecule has 128 valence electrons. The number of nitrogens with zero attached hydrogens (tertiary/aromatic N) is 1. The average molecular weight is 518 g/mol. The summed E-state index contributed by atoms with van der Waals surface area (Å²) in [4.78, 5) is 0. The van der Waals surface area contributed by atoms with Crippen LogP contribution in [0.4, 0.5) is 0 Å². The van der Waals surface area contributed by atoms with E-state index < -0.39 is 8.60 Å². The average Bonchev–Trinajstić information content (AvgIpc) is 2.60. The molecule has 2 unspecified atom stereocenters. The van der Waals surface area contributed by atoms with Gasteiger partial charge in [-0.3, -0.25) is 0 Å². The summed E-state index contributed by atoms with van der Waals surface area (Å²) >= 11 is 1.47. The Bertz CT molecular complexity index is 193. The maximum absolute atomic E-state index is 4.72. The van der Waals surface area contributed by atoms with E-state index in [0.29, 0.717) is 6.04 Å². The Morgan fingerprint density at radius 1 is 1.00 bits per heavy atom. The van der Waals surface area contributed by atoms with E-state index in [4.69, 9.17) is 18.9 Å². The van der Waals surface area contributed by atoms with Gasteiger partial charge in [-0.1, -0.05) is 38.5 Å². The molecule has 2 atom stereocenters. The predicted molar refractivity (Wildman–Crippen MR) is 87.3 cm³/mol. The van der Waals surface area contributed by atoms with Crippen molar-refractivity contribution in [3.8, 4) is 0 Å². The van der Waals surface area contributed by atoms with Crippen molar-refractivity contribution in [2.24, 2.45) is 5.92 Å². The van der Waals surface area contributed by atoms with Crippen molar-refractivity contribution in [2.75, 3.05) is 27.9 Å². The third-order valence-electron chi connectivity index (χ3n) is 3.73. The van der Waals surface area contributed by atoms with Gasteiger partial charge in [0.2, 0.25) is 0 Å². The molecule has 2 aliphatic rings. The van der Waals surface area contributed by atoms with E-state index in [9.17, 15) is 0 Å². The van der Waals surface area contributed by atoms with E-state index in [0.717, 1.165) is 12.5 Å². The van der Waals surface area contributed by atoms with Gasteiger partial charge in [-0.05, 0) is 0 Å². The Morgan fingerprint density at radius 3 is 2.00 bits per heavy atom. The molecule has 1 heterocycles. The summed E-state index contributed by atoms with van der Waals surface area (Å²) < 4.78 is 14.1. The van der Waals surface area contributed by atoms with E-state index in [1.54, 1.807) is 21.3 Å². The van der Waals surface area contributed by atoms with Crippen molar-refractivity contribution in [2.45, 2.75) is 51.0 Å². The molecule has 0 N–H and O–H groups in total. The van der Waals surface area contributed by atoms with Crippen LogP contribution in [0.25, 0.3) is 5.32 Å². The molecule has 2 rings (SSSR count). The van der Waals surface area contributed by atoms with Gasteiger partial charge >= 0.3 is 36.1 Å². The number of piperidine rings is 1. The van der Waals surface area contributed by atoms with Crippen LogP contribution in [0.3, 0.4) is 0 Å². The zero-order valence-corrected chi connectivity index (χ0v) is 17.4. The molecule has 2 fully saturated rings. The van der Waals surface area contributed by atoms with Gasteiger partial charge in [-0.15, -0.1) is 6.54 Å². The van der Waals surface area contributed by atoms with E-state index in [2.05, 4.69) is 16.0 Å². The van der Waals surface area contributed by atoms with Crippen LogP contribution in [-0.2, 0) is 31.5 Å². The van der Waals surface area contributed by atoms with E-state index in [-0.39, 0.29) is 0 Å². The van der Waals surface area contributed by atoms with Gasteiger partial charge < -0.3 is 11.7 Å². The molecule has 1 saturated carbocycles. The molecule has 0 bridgehead atoms. The first-order valence-corrected chi connectivity index (χ1v) is 11.6. The summed E-state index contributed by atoms with van der Waals surface area (Å²) in [6, 6.07) is 0.707. The SMILES string of the molecule is CO[PH+](OC)OC.[CH-]1CCCCC1C1CCCC[N-]1.[Cl][Ir+2]. The van der Waals surface area contributed by atoms with E-state index in [1.165, 1.54) is 62.8 Å². The van der Waals surface area contributed by atoms with Gasteiger partial charge in [0.1, 0.15) is 0 Å². The van der Waals surface area contributed by atoms with Gasteiger partial charge in [0.05, 0.1) is 21.3 Å². The van der Waals surface area contributed by atoms with Crippen LogP contribution in [0.15, 0.2) is 0 Å².